The monoisotopic (exact) mass is 136 g/mol. The molecule has 8 heavy (non-hydrogen) atoms. The van der Waals surface area contributed by atoms with Crippen molar-refractivity contribution in [1.29, 1.82) is 0 Å². The molecule has 0 aromatic carbocycles. The Bertz CT molecular complexity index is 75.4. The average Bonchev–Trinajstić information content (AvgIpc) is 2.19. The molecule has 0 aliphatic heterocycles. The standard InChI is InChI=1S/C3H6S.CH2O3/c4-3-1-2-3;2-1(3)4/h3-4H,1-2H2;(H2,2,3,4). The van der Waals surface area contributed by atoms with Gasteiger partial charge in [-0.2, -0.15) is 12.6 Å². The van der Waals surface area contributed by atoms with Gasteiger partial charge in [-0.05, 0) is 12.8 Å². The lowest BCUT2D eigenvalue weighted by Gasteiger charge is -1.60. The molecule has 0 bridgehead atoms. The summed E-state index contributed by atoms with van der Waals surface area (Å²) < 4.78 is 0. The van der Waals surface area contributed by atoms with Crippen LogP contribution in [0.25, 0.3) is 0 Å². The zero-order chi connectivity index (χ0) is 6.57. The van der Waals surface area contributed by atoms with E-state index in [0.717, 1.165) is 5.25 Å². The van der Waals surface area contributed by atoms with Crippen LogP contribution in [-0.2, 0) is 0 Å². The SMILES string of the molecule is O=C(O)O.SC1CC1. The van der Waals surface area contributed by atoms with Crippen molar-refractivity contribution in [2.45, 2.75) is 18.1 Å². The topological polar surface area (TPSA) is 57.5 Å². The molecule has 0 aromatic heterocycles. The quantitative estimate of drug-likeness (QED) is 0.440. The molecule has 1 rings (SSSR count). The molecule has 0 spiro atoms. The van der Waals surface area contributed by atoms with Gasteiger partial charge in [0.15, 0.2) is 0 Å². The van der Waals surface area contributed by atoms with Crippen molar-refractivity contribution >= 4 is 18.8 Å². The van der Waals surface area contributed by atoms with Gasteiger partial charge in [-0.3, -0.25) is 0 Å². The van der Waals surface area contributed by atoms with Gasteiger partial charge >= 0.3 is 6.16 Å². The first kappa shape index (κ1) is 7.62. The van der Waals surface area contributed by atoms with Crippen molar-refractivity contribution in [3.63, 3.8) is 0 Å². The summed E-state index contributed by atoms with van der Waals surface area (Å²) in [5, 5.41) is 14.7. The highest BCUT2D eigenvalue weighted by molar-refractivity contribution is 7.81. The molecule has 0 saturated heterocycles. The minimum absolute atomic E-state index is 0.778. The number of hydrogen-bond donors (Lipinski definition) is 3. The Hall–Kier alpha value is -0.380. The van der Waals surface area contributed by atoms with Gasteiger partial charge in [0.1, 0.15) is 0 Å². The number of rotatable bonds is 0. The summed E-state index contributed by atoms with van der Waals surface area (Å²) in [4.78, 5) is 8.56. The molecule has 1 aliphatic rings. The van der Waals surface area contributed by atoms with Gasteiger partial charge in [-0.15, -0.1) is 0 Å². The Morgan fingerprint density at radius 1 is 1.50 bits per heavy atom. The molecule has 3 nitrogen and oxygen atoms in total. The van der Waals surface area contributed by atoms with Gasteiger partial charge in [0.2, 0.25) is 0 Å². The van der Waals surface area contributed by atoms with Crippen molar-refractivity contribution in [2.24, 2.45) is 0 Å². The molecule has 4 heteroatoms. The summed E-state index contributed by atoms with van der Waals surface area (Å²) >= 11 is 4.08. The summed E-state index contributed by atoms with van der Waals surface area (Å²) in [7, 11) is 0. The van der Waals surface area contributed by atoms with Crippen LogP contribution in [-0.4, -0.2) is 21.6 Å². The molecule has 0 heterocycles. The van der Waals surface area contributed by atoms with Gasteiger partial charge < -0.3 is 10.2 Å². The lowest BCUT2D eigenvalue weighted by molar-refractivity contribution is 0.137. The van der Waals surface area contributed by atoms with E-state index in [0.29, 0.717) is 0 Å². The summed E-state index contributed by atoms with van der Waals surface area (Å²) in [6.45, 7) is 0. The summed E-state index contributed by atoms with van der Waals surface area (Å²) in [5.74, 6) is 0. The van der Waals surface area contributed by atoms with E-state index < -0.39 is 6.16 Å². The van der Waals surface area contributed by atoms with Gasteiger partial charge in [-0.1, -0.05) is 0 Å². The first-order valence-corrected chi connectivity index (χ1v) is 2.74. The second kappa shape index (κ2) is 3.60. The zero-order valence-corrected chi connectivity index (χ0v) is 5.14. The lowest BCUT2D eigenvalue weighted by Crippen LogP contribution is -1.81. The van der Waals surface area contributed by atoms with E-state index in [2.05, 4.69) is 12.6 Å². The van der Waals surface area contributed by atoms with Crippen LogP contribution in [0.2, 0.25) is 0 Å². The highest BCUT2D eigenvalue weighted by atomic mass is 32.1. The van der Waals surface area contributed by atoms with Crippen LogP contribution in [0.1, 0.15) is 12.8 Å². The Kier molecular flexibility index (Phi) is 3.43. The molecule has 0 atom stereocenters. The van der Waals surface area contributed by atoms with Gasteiger partial charge in [0, 0.05) is 5.25 Å². The normalized spacial score (nSPS) is 16.1. The van der Waals surface area contributed by atoms with Crippen LogP contribution in [0.5, 0.6) is 0 Å². The van der Waals surface area contributed by atoms with Gasteiger partial charge in [0.25, 0.3) is 0 Å². The largest absolute Gasteiger partial charge is 0.503 e. The molecule has 1 fully saturated rings. The third kappa shape index (κ3) is 17.5. The third-order valence-electron chi connectivity index (χ3n) is 0.547. The number of carboxylic acid groups (broad SMARTS) is 2. The van der Waals surface area contributed by atoms with Crippen LogP contribution in [0.3, 0.4) is 0 Å². The molecule has 2 N–H and O–H groups in total. The smallest absolute Gasteiger partial charge is 0.450 e. The second-order valence-corrected chi connectivity index (χ2v) is 2.24. The van der Waals surface area contributed by atoms with E-state index in [4.69, 9.17) is 15.0 Å². The second-order valence-electron chi connectivity index (χ2n) is 1.51. The first-order chi connectivity index (χ1) is 3.63. The van der Waals surface area contributed by atoms with Gasteiger partial charge in [-0.25, -0.2) is 4.79 Å². The fourth-order valence-electron chi connectivity index (χ4n) is 0.0745. The maximum absolute atomic E-state index is 8.56. The minimum atomic E-state index is -1.83. The number of hydrogen-bond acceptors (Lipinski definition) is 2. The Morgan fingerprint density at radius 3 is 1.62 bits per heavy atom. The van der Waals surface area contributed by atoms with Crippen LogP contribution >= 0.6 is 12.6 Å². The van der Waals surface area contributed by atoms with E-state index >= 15 is 0 Å². The van der Waals surface area contributed by atoms with Crippen molar-refractivity contribution in [2.75, 3.05) is 0 Å². The molecule has 48 valence electrons. The Balaban J connectivity index is 0.000000122. The first-order valence-electron chi connectivity index (χ1n) is 2.23. The van der Waals surface area contributed by atoms with E-state index in [1.54, 1.807) is 0 Å². The van der Waals surface area contributed by atoms with Crippen molar-refractivity contribution in [3.8, 4) is 0 Å². The number of thiol groups is 1. The highest BCUT2D eigenvalue weighted by Crippen LogP contribution is 2.24. The summed E-state index contributed by atoms with van der Waals surface area (Å²) in [6.07, 6.45) is 0.867. The van der Waals surface area contributed by atoms with E-state index in [1.807, 2.05) is 0 Å². The van der Waals surface area contributed by atoms with Crippen molar-refractivity contribution < 1.29 is 15.0 Å². The maximum atomic E-state index is 8.56. The fraction of sp³-hybridized carbons (Fsp3) is 0.750. The third-order valence-corrected chi connectivity index (χ3v) is 1.06. The number of carbonyl (C=O) groups is 1. The van der Waals surface area contributed by atoms with Crippen LogP contribution in [0.15, 0.2) is 0 Å². The summed E-state index contributed by atoms with van der Waals surface area (Å²) in [5.41, 5.74) is 0. The Labute approximate surface area is 52.7 Å². The molecule has 0 radical (unpaired) electrons. The van der Waals surface area contributed by atoms with Crippen molar-refractivity contribution in [3.05, 3.63) is 0 Å². The van der Waals surface area contributed by atoms with Crippen LogP contribution < -0.4 is 0 Å². The molecular weight excluding hydrogens is 128 g/mol. The molecule has 0 unspecified atom stereocenters. The van der Waals surface area contributed by atoms with E-state index in [1.165, 1.54) is 12.8 Å². The van der Waals surface area contributed by atoms with Crippen LogP contribution in [0, 0.1) is 0 Å². The highest BCUT2D eigenvalue weighted by Gasteiger charge is 2.14. The van der Waals surface area contributed by atoms with Crippen molar-refractivity contribution in [1.82, 2.24) is 0 Å². The molecule has 0 aromatic rings. The van der Waals surface area contributed by atoms with E-state index in [-0.39, 0.29) is 0 Å². The molecule has 1 saturated carbocycles. The average molecular weight is 136 g/mol. The predicted octanol–water partition coefficient (Wildman–Crippen LogP) is 1.30. The molecule has 0 amide bonds. The minimum Gasteiger partial charge on any atom is -0.450 e. The Morgan fingerprint density at radius 2 is 1.62 bits per heavy atom. The summed E-state index contributed by atoms with van der Waals surface area (Å²) in [6, 6.07) is 0. The maximum Gasteiger partial charge on any atom is 0.503 e. The fourth-order valence-corrected chi connectivity index (χ4v) is 0.224. The predicted molar refractivity (Wildman–Crippen MR) is 32.7 cm³/mol. The van der Waals surface area contributed by atoms with Crippen LogP contribution in [0.4, 0.5) is 4.79 Å². The molecular formula is C4H8O3S. The lowest BCUT2D eigenvalue weighted by atomic mass is 11.0. The zero-order valence-electron chi connectivity index (χ0n) is 4.24. The van der Waals surface area contributed by atoms with Gasteiger partial charge in [0.05, 0.1) is 0 Å². The van der Waals surface area contributed by atoms with E-state index in [9.17, 15) is 0 Å². The molecule has 1 aliphatic carbocycles.